The van der Waals surface area contributed by atoms with Gasteiger partial charge in [-0.3, -0.25) is 0 Å². The number of carboxylic acid groups (broad SMARTS) is 1. The third-order valence-electron chi connectivity index (χ3n) is 0. The van der Waals surface area contributed by atoms with Gasteiger partial charge >= 0.3 is 39.6 Å². The first-order chi connectivity index (χ1) is 3.15. The molecule has 0 N–H and O–H groups in total. The Balaban J connectivity index is -0.0000000575. The molecular weight excluding hydrogens is 216 g/mol. The van der Waals surface area contributed by atoms with Crippen LogP contribution in [0.3, 0.4) is 0 Å². The third kappa shape index (κ3) is 1540. The topological polar surface area (TPSA) is 40.1 Å². The normalized spacial score (nSPS) is 5.88. The maximum absolute atomic E-state index is 9.56. The van der Waals surface area contributed by atoms with Crippen LogP contribution >= 0.6 is 0 Å². The molecule has 0 aliphatic rings. The average molecular weight is 219 g/mol. The van der Waals surface area contributed by atoms with Crippen molar-refractivity contribution in [1.29, 1.82) is 0 Å². The first-order valence-electron chi connectivity index (χ1n) is 1.15. The molecule has 0 unspecified atom stereocenters. The third-order valence-corrected chi connectivity index (χ3v) is 0. The van der Waals surface area contributed by atoms with Crippen molar-refractivity contribution < 1.29 is 49.5 Å². The van der Waals surface area contributed by atoms with Crippen molar-refractivity contribution in [2.24, 2.45) is 0 Å². The van der Waals surface area contributed by atoms with E-state index < -0.39 is 21.3 Å². The second-order valence-corrected chi connectivity index (χ2v) is 0.678. The summed E-state index contributed by atoms with van der Waals surface area (Å²) >= 11 is -1.38. The van der Waals surface area contributed by atoms with Crippen LogP contribution in [0.5, 0.6) is 0 Å². The van der Waals surface area contributed by atoms with Gasteiger partial charge in [-0.05, 0) is 6.92 Å². The Labute approximate surface area is 62.8 Å². The van der Waals surface area contributed by atoms with Gasteiger partial charge in [-0.25, -0.2) is 0 Å². The molecule has 0 atom stereocenters. The summed E-state index contributed by atoms with van der Waals surface area (Å²) in [6, 6.07) is 0. The summed E-state index contributed by atoms with van der Waals surface area (Å²) in [5, 5.41) is 8.89. The Kier molecular flexibility index (Phi) is 30.9. The van der Waals surface area contributed by atoms with E-state index in [-0.39, 0.29) is 17.1 Å². The molecule has 0 heterocycles. The van der Waals surface area contributed by atoms with E-state index in [1.165, 1.54) is 0 Å². The van der Waals surface area contributed by atoms with Crippen molar-refractivity contribution in [2.45, 2.75) is 6.92 Å². The summed E-state index contributed by atoms with van der Waals surface area (Å²) in [7, 11) is 0. The minimum absolute atomic E-state index is 0. The number of aliphatic carboxylic acids is 1. The zero-order chi connectivity index (χ0) is 6.28. The number of carbonyl (C=O) groups excluding carboxylic acids is 1. The van der Waals surface area contributed by atoms with Crippen LogP contribution in [0, 0.1) is 0 Å². The first kappa shape index (κ1) is 15.8. The molecule has 0 saturated carbocycles. The molecule has 0 bridgehead atoms. The fourth-order valence-electron chi connectivity index (χ4n) is 0. The van der Waals surface area contributed by atoms with Crippen LogP contribution in [0.25, 0.3) is 0 Å². The predicted octanol–water partition coefficient (Wildman–Crippen LogP) is -0.408. The van der Waals surface area contributed by atoms with Gasteiger partial charge in [0.2, 0.25) is 0 Å². The fraction of sp³-hybridized carbons (Fsp3) is 0.500. The second kappa shape index (κ2) is 15.7. The van der Waals surface area contributed by atoms with Crippen molar-refractivity contribution in [3.05, 3.63) is 0 Å². The van der Waals surface area contributed by atoms with Gasteiger partial charge in [0.25, 0.3) is 0 Å². The molecule has 0 aromatic heterocycles. The van der Waals surface area contributed by atoms with Crippen LogP contribution in [0.15, 0.2) is 0 Å². The SMILES string of the molecule is CC(=O)[O-].[Cu+].[F][Ni][F]. The van der Waals surface area contributed by atoms with Gasteiger partial charge in [-0.15, -0.1) is 0 Å². The number of halogens is 2. The summed E-state index contributed by atoms with van der Waals surface area (Å²) in [5.41, 5.74) is 0. The van der Waals surface area contributed by atoms with Crippen LogP contribution in [-0.4, -0.2) is 5.97 Å². The van der Waals surface area contributed by atoms with E-state index >= 15 is 0 Å². The van der Waals surface area contributed by atoms with Crippen LogP contribution in [0.1, 0.15) is 6.92 Å². The van der Waals surface area contributed by atoms with E-state index in [9.17, 15) is 7.21 Å². The summed E-state index contributed by atoms with van der Waals surface area (Å²) in [4.78, 5) is 8.89. The molecule has 0 fully saturated rings. The van der Waals surface area contributed by atoms with Crippen molar-refractivity contribution in [1.82, 2.24) is 0 Å². The minimum atomic E-state index is -1.38. The van der Waals surface area contributed by atoms with Crippen LogP contribution in [0.2, 0.25) is 0 Å². The maximum atomic E-state index is 9.56. The molecule has 0 rings (SSSR count). The average Bonchev–Trinajstić information content (AvgIpc) is 1.33. The van der Waals surface area contributed by atoms with Crippen molar-refractivity contribution >= 4 is 5.97 Å². The summed E-state index contributed by atoms with van der Waals surface area (Å²) in [5.74, 6) is -1.08. The molecule has 58 valence electrons. The van der Waals surface area contributed by atoms with E-state index in [0.29, 0.717) is 0 Å². The molecule has 0 spiro atoms. The van der Waals surface area contributed by atoms with Crippen molar-refractivity contribution in [2.75, 3.05) is 0 Å². The van der Waals surface area contributed by atoms with Crippen LogP contribution in [0.4, 0.5) is 7.21 Å². The molecule has 0 radical (unpaired) electrons. The van der Waals surface area contributed by atoms with Crippen molar-refractivity contribution in [3.63, 3.8) is 0 Å². The van der Waals surface area contributed by atoms with E-state index in [1.807, 2.05) is 0 Å². The molecule has 0 aliphatic heterocycles. The zero-order valence-corrected chi connectivity index (χ0v) is 5.62. The monoisotopic (exact) mass is 218 g/mol. The standard InChI is InChI=1S/C2H4O2.Cu.2FH.Ni/c1-2(3)4;;;;/h1H3,(H,3,4);;2*1H;/q;+1;;;+2/p-3. The predicted molar refractivity (Wildman–Crippen MR) is 12.9 cm³/mol. The summed E-state index contributed by atoms with van der Waals surface area (Å²) in [6.07, 6.45) is 0. The molecule has 0 aliphatic carbocycles. The van der Waals surface area contributed by atoms with Crippen LogP contribution < -0.4 is 5.11 Å². The molecule has 0 aromatic rings. The van der Waals surface area contributed by atoms with Gasteiger partial charge in [-0.2, -0.15) is 0 Å². The number of carboxylic acids is 1. The van der Waals surface area contributed by atoms with E-state index in [2.05, 4.69) is 0 Å². The number of hydrogen-bond acceptors (Lipinski definition) is 2. The fourth-order valence-corrected chi connectivity index (χ4v) is 0. The molecular formula is C2H3CuF2NiO2. The summed E-state index contributed by atoms with van der Waals surface area (Å²) < 4.78 is 19.1. The molecule has 0 amide bonds. The van der Waals surface area contributed by atoms with Gasteiger partial charge < -0.3 is 9.90 Å². The van der Waals surface area contributed by atoms with Gasteiger partial charge in [0, 0.05) is 5.97 Å². The van der Waals surface area contributed by atoms with Gasteiger partial charge in [0.1, 0.15) is 0 Å². The Morgan fingerprint density at radius 3 is 1.62 bits per heavy atom. The number of hydrogen-bond donors (Lipinski definition) is 0. The Hall–Kier alpha value is 0.343. The molecule has 8 heavy (non-hydrogen) atoms. The van der Waals surface area contributed by atoms with Gasteiger partial charge in [0.15, 0.2) is 0 Å². The molecule has 0 saturated heterocycles. The quantitative estimate of drug-likeness (QED) is 0.520. The van der Waals surface area contributed by atoms with Crippen LogP contribution in [-0.2, 0) is 37.2 Å². The van der Waals surface area contributed by atoms with E-state index in [0.717, 1.165) is 6.92 Å². The van der Waals surface area contributed by atoms with E-state index in [1.54, 1.807) is 0 Å². The van der Waals surface area contributed by atoms with Crippen molar-refractivity contribution in [3.8, 4) is 0 Å². The first-order valence-corrected chi connectivity index (χ1v) is 1.89. The molecule has 2 nitrogen and oxygen atoms in total. The zero-order valence-electron chi connectivity index (χ0n) is 3.69. The second-order valence-electron chi connectivity index (χ2n) is 0.537. The Bertz CT molecular complexity index is 49.3. The number of carbonyl (C=O) groups is 1. The summed E-state index contributed by atoms with van der Waals surface area (Å²) in [6.45, 7) is 0.972. The molecule has 0 aromatic carbocycles. The van der Waals surface area contributed by atoms with Gasteiger partial charge in [-0.1, -0.05) is 0 Å². The Morgan fingerprint density at radius 2 is 1.62 bits per heavy atom. The Morgan fingerprint density at radius 1 is 1.62 bits per heavy atom. The number of rotatable bonds is 0. The van der Waals surface area contributed by atoms with E-state index in [4.69, 9.17) is 9.90 Å². The molecule has 6 heteroatoms. The van der Waals surface area contributed by atoms with Gasteiger partial charge in [0.05, 0.1) is 0 Å².